The molecule has 1 aliphatic rings. The predicted octanol–water partition coefficient (Wildman–Crippen LogP) is 3.87. The van der Waals surface area contributed by atoms with E-state index in [-0.39, 0.29) is 35.2 Å². The molecule has 0 atom stereocenters. The third-order valence-corrected chi connectivity index (χ3v) is 4.43. The van der Waals surface area contributed by atoms with Crippen molar-refractivity contribution < 1.29 is 8.81 Å². The first kappa shape index (κ1) is 19.8. The van der Waals surface area contributed by atoms with E-state index in [4.69, 9.17) is 4.42 Å². The van der Waals surface area contributed by atoms with Crippen molar-refractivity contribution in [2.24, 2.45) is 4.99 Å². The Hall–Kier alpha value is -1.57. The zero-order valence-corrected chi connectivity index (χ0v) is 16.8. The number of benzene rings is 1. The van der Waals surface area contributed by atoms with Crippen LogP contribution in [0.15, 0.2) is 52.1 Å². The molecule has 25 heavy (non-hydrogen) atoms. The Morgan fingerprint density at radius 2 is 2.00 bits per heavy atom. The molecule has 0 spiro atoms. The Morgan fingerprint density at radius 1 is 1.20 bits per heavy atom. The number of hydrogen-bond donors (Lipinski definition) is 2. The predicted molar refractivity (Wildman–Crippen MR) is 109 cm³/mol. The van der Waals surface area contributed by atoms with Gasteiger partial charge in [0.15, 0.2) is 5.96 Å². The summed E-state index contributed by atoms with van der Waals surface area (Å²) in [7, 11) is 0. The second-order valence-electron chi connectivity index (χ2n) is 6.21. The van der Waals surface area contributed by atoms with Crippen molar-refractivity contribution in [3.63, 3.8) is 0 Å². The number of rotatable bonds is 7. The largest absolute Gasteiger partial charge is 0.469 e. The van der Waals surface area contributed by atoms with Crippen LogP contribution < -0.4 is 10.6 Å². The van der Waals surface area contributed by atoms with Crippen LogP contribution in [0.2, 0.25) is 0 Å². The van der Waals surface area contributed by atoms with Crippen molar-refractivity contribution in [1.82, 2.24) is 10.6 Å². The van der Waals surface area contributed by atoms with Gasteiger partial charge in [-0.25, -0.2) is 4.39 Å². The molecule has 0 radical (unpaired) electrons. The van der Waals surface area contributed by atoms with Gasteiger partial charge >= 0.3 is 0 Å². The molecular weight excluding hydrogens is 432 g/mol. The number of furan rings is 1. The molecule has 2 aromatic rings. The van der Waals surface area contributed by atoms with Gasteiger partial charge in [-0.3, -0.25) is 4.99 Å². The van der Waals surface area contributed by atoms with Crippen LogP contribution in [-0.4, -0.2) is 25.6 Å². The van der Waals surface area contributed by atoms with Gasteiger partial charge in [0.1, 0.15) is 11.6 Å². The first-order valence-corrected chi connectivity index (χ1v) is 8.53. The molecule has 1 saturated carbocycles. The van der Waals surface area contributed by atoms with Gasteiger partial charge in [-0.1, -0.05) is 18.2 Å². The van der Waals surface area contributed by atoms with Crippen LogP contribution in [0.3, 0.4) is 0 Å². The smallest absolute Gasteiger partial charge is 0.191 e. The zero-order chi connectivity index (χ0) is 16.8. The molecule has 1 aromatic carbocycles. The van der Waals surface area contributed by atoms with Gasteiger partial charge in [-0.05, 0) is 43.5 Å². The maximum Gasteiger partial charge on any atom is 0.191 e. The molecule has 136 valence electrons. The molecule has 0 unspecified atom stereocenters. The van der Waals surface area contributed by atoms with Gasteiger partial charge < -0.3 is 15.1 Å². The Bertz CT molecular complexity index is 684. The summed E-state index contributed by atoms with van der Waals surface area (Å²) in [6, 6.07) is 10.9. The summed E-state index contributed by atoms with van der Waals surface area (Å²) in [6.45, 7) is 4.17. The van der Waals surface area contributed by atoms with Crippen LogP contribution in [0.1, 0.15) is 31.1 Å². The monoisotopic (exact) mass is 457 g/mol. The minimum atomic E-state index is -0.130. The summed E-state index contributed by atoms with van der Waals surface area (Å²) in [5.74, 6) is 1.59. The van der Waals surface area contributed by atoms with Crippen molar-refractivity contribution in [3.8, 4) is 0 Å². The van der Waals surface area contributed by atoms with Gasteiger partial charge in [0.05, 0.1) is 12.8 Å². The van der Waals surface area contributed by atoms with Gasteiger partial charge in [0.2, 0.25) is 0 Å². The maximum atomic E-state index is 14.1. The molecule has 1 aliphatic carbocycles. The van der Waals surface area contributed by atoms with Gasteiger partial charge in [-0.15, -0.1) is 24.0 Å². The normalized spacial score (nSPS) is 15.4. The van der Waals surface area contributed by atoms with E-state index in [1.54, 1.807) is 12.3 Å². The van der Waals surface area contributed by atoms with Crippen molar-refractivity contribution in [2.45, 2.75) is 31.6 Å². The van der Waals surface area contributed by atoms with Crippen LogP contribution in [0.4, 0.5) is 4.39 Å². The lowest BCUT2D eigenvalue weighted by molar-refractivity contribution is 0.506. The van der Waals surface area contributed by atoms with E-state index in [1.807, 2.05) is 31.2 Å². The number of nitrogens with zero attached hydrogens (tertiary/aromatic N) is 1. The van der Waals surface area contributed by atoms with E-state index in [2.05, 4.69) is 15.6 Å². The third-order valence-electron chi connectivity index (χ3n) is 4.43. The highest BCUT2D eigenvalue weighted by molar-refractivity contribution is 14.0. The average Bonchev–Trinajstić information content (AvgIpc) is 3.19. The first-order chi connectivity index (χ1) is 11.7. The summed E-state index contributed by atoms with van der Waals surface area (Å²) < 4.78 is 19.4. The van der Waals surface area contributed by atoms with Crippen molar-refractivity contribution in [3.05, 3.63) is 59.8 Å². The quantitative estimate of drug-likeness (QED) is 0.377. The molecule has 1 heterocycles. The Kier molecular flexibility index (Phi) is 7.28. The fraction of sp³-hybridized carbons (Fsp3) is 0.421. The Balaban J connectivity index is 0.00000225. The Labute approximate surface area is 165 Å². The molecule has 1 fully saturated rings. The van der Waals surface area contributed by atoms with E-state index in [1.165, 1.54) is 6.07 Å². The minimum absolute atomic E-state index is 0. The highest BCUT2D eigenvalue weighted by Crippen LogP contribution is 2.49. The molecule has 3 rings (SSSR count). The van der Waals surface area contributed by atoms with Crippen molar-refractivity contribution in [1.29, 1.82) is 0 Å². The molecule has 0 amide bonds. The molecule has 0 saturated heterocycles. The van der Waals surface area contributed by atoms with Crippen LogP contribution >= 0.6 is 24.0 Å². The third kappa shape index (κ3) is 5.20. The number of guanidine groups is 1. The minimum Gasteiger partial charge on any atom is -0.469 e. The number of hydrogen-bond acceptors (Lipinski definition) is 2. The van der Waals surface area contributed by atoms with E-state index < -0.39 is 0 Å². The molecule has 0 aliphatic heterocycles. The molecule has 1 aromatic heterocycles. The second kappa shape index (κ2) is 9.22. The van der Waals surface area contributed by atoms with E-state index in [0.717, 1.165) is 49.6 Å². The molecule has 2 N–H and O–H groups in total. The van der Waals surface area contributed by atoms with Gasteiger partial charge in [0.25, 0.3) is 0 Å². The topological polar surface area (TPSA) is 49.6 Å². The van der Waals surface area contributed by atoms with Gasteiger partial charge in [-0.2, -0.15) is 0 Å². The highest BCUT2D eigenvalue weighted by atomic mass is 127. The standard InChI is InChI=1S/C19H24FN3O.HI/c1-2-21-18(22-12-9-15-6-5-13-24-15)23-14-19(10-11-19)16-7-3-4-8-17(16)20;/h3-8,13H,2,9-12,14H2,1H3,(H2,21,22,23);1H. The second-order valence-corrected chi connectivity index (χ2v) is 6.21. The number of halogens is 2. The van der Waals surface area contributed by atoms with E-state index in [0.29, 0.717) is 6.54 Å². The SMILES string of the molecule is CCNC(=NCC1(c2ccccc2F)CC1)NCCc1ccco1.I. The average molecular weight is 457 g/mol. The van der Waals surface area contributed by atoms with E-state index in [9.17, 15) is 4.39 Å². The fourth-order valence-electron chi connectivity index (χ4n) is 2.89. The summed E-state index contributed by atoms with van der Waals surface area (Å²) in [6.07, 6.45) is 4.46. The summed E-state index contributed by atoms with van der Waals surface area (Å²) in [5, 5.41) is 6.55. The lowest BCUT2D eigenvalue weighted by Crippen LogP contribution is -2.39. The van der Waals surface area contributed by atoms with Crippen molar-refractivity contribution >= 4 is 29.9 Å². The number of nitrogens with one attached hydrogen (secondary N) is 2. The summed E-state index contributed by atoms with van der Waals surface area (Å²) in [4.78, 5) is 4.68. The van der Waals surface area contributed by atoms with Crippen LogP contribution in [0.25, 0.3) is 0 Å². The van der Waals surface area contributed by atoms with E-state index >= 15 is 0 Å². The molecule has 6 heteroatoms. The number of aliphatic imine (C=N–C) groups is 1. The van der Waals surface area contributed by atoms with Gasteiger partial charge in [0, 0.05) is 24.9 Å². The van der Waals surface area contributed by atoms with Crippen molar-refractivity contribution in [2.75, 3.05) is 19.6 Å². The van der Waals surface area contributed by atoms with Crippen LogP contribution in [-0.2, 0) is 11.8 Å². The molecular formula is C19H25FIN3O. The summed E-state index contributed by atoms with van der Waals surface area (Å²) in [5.41, 5.74) is 0.662. The maximum absolute atomic E-state index is 14.1. The highest BCUT2D eigenvalue weighted by Gasteiger charge is 2.45. The summed E-state index contributed by atoms with van der Waals surface area (Å²) >= 11 is 0. The lowest BCUT2D eigenvalue weighted by Gasteiger charge is -2.16. The first-order valence-electron chi connectivity index (χ1n) is 8.53. The van der Waals surface area contributed by atoms with Crippen LogP contribution in [0.5, 0.6) is 0 Å². The molecule has 4 nitrogen and oxygen atoms in total. The van der Waals surface area contributed by atoms with Crippen LogP contribution in [0, 0.1) is 5.82 Å². The lowest BCUT2D eigenvalue weighted by atomic mass is 9.95. The Morgan fingerprint density at radius 3 is 2.64 bits per heavy atom. The zero-order valence-electron chi connectivity index (χ0n) is 14.4. The molecule has 0 bridgehead atoms. The fourth-order valence-corrected chi connectivity index (χ4v) is 2.89.